The van der Waals surface area contributed by atoms with Crippen LogP contribution in [0.25, 0.3) is 0 Å². The number of aliphatic hydroxyl groups excluding tert-OH is 1. The second-order valence-electron chi connectivity index (χ2n) is 7.36. The fourth-order valence-corrected chi connectivity index (χ4v) is 4.33. The van der Waals surface area contributed by atoms with E-state index in [4.69, 9.17) is 4.74 Å². The van der Waals surface area contributed by atoms with Gasteiger partial charge >= 0.3 is 0 Å². The molecule has 0 unspecified atom stereocenters. The van der Waals surface area contributed by atoms with Gasteiger partial charge in [-0.3, -0.25) is 9.69 Å². The molecule has 5 heteroatoms. The highest BCUT2D eigenvalue weighted by Crippen LogP contribution is 2.30. The summed E-state index contributed by atoms with van der Waals surface area (Å²) in [6.07, 6.45) is 3.90. The van der Waals surface area contributed by atoms with Gasteiger partial charge in [0.25, 0.3) is 0 Å². The van der Waals surface area contributed by atoms with Crippen LogP contribution < -0.4 is 4.74 Å². The van der Waals surface area contributed by atoms with Crippen LogP contribution >= 0.6 is 0 Å². The highest BCUT2D eigenvalue weighted by atomic mass is 16.5. The predicted octanol–water partition coefficient (Wildman–Crippen LogP) is 2.21. The van der Waals surface area contributed by atoms with Crippen LogP contribution in [0.1, 0.15) is 38.2 Å². The van der Waals surface area contributed by atoms with Crippen molar-refractivity contribution in [2.75, 3.05) is 26.2 Å². The lowest BCUT2D eigenvalue weighted by molar-refractivity contribution is -0.130. The van der Waals surface area contributed by atoms with Crippen molar-refractivity contribution in [3.63, 3.8) is 0 Å². The number of aryl methyl sites for hydroxylation is 1. The maximum absolute atomic E-state index is 11.9. The Bertz CT molecular complexity index is 592. The smallest absolute Gasteiger partial charge is 0.219 e. The van der Waals surface area contributed by atoms with E-state index in [-0.39, 0.29) is 5.91 Å². The van der Waals surface area contributed by atoms with Crippen molar-refractivity contribution in [2.24, 2.45) is 0 Å². The van der Waals surface area contributed by atoms with Gasteiger partial charge in [-0.25, -0.2) is 0 Å². The van der Waals surface area contributed by atoms with Crippen molar-refractivity contribution in [3.8, 4) is 5.75 Å². The molecule has 0 aromatic heterocycles. The molecule has 2 aliphatic heterocycles. The standard InChI is InChI=1S/C20H30N2O3/c1-15-7-3-4-10-20(15)25-14-17(24)13-21-11-5-8-18(21)19-9-6-12-22(19)16(2)23/h3-4,7,10,17-19,24H,5-6,8-9,11-14H2,1-2H3/t17-,18+,19+/m0/s1. The topological polar surface area (TPSA) is 53.0 Å². The Morgan fingerprint density at radius 1 is 1.24 bits per heavy atom. The third-order valence-corrected chi connectivity index (χ3v) is 5.53. The Kier molecular flexibility index (Phi) is 5.97. The average molecular weight is 346 g/mol. The maximum atomic E-state index is 11.9. The van der Waals surface area contributed by atoms with Crippen LogP contribution in [0.4, 0.5) is 0 Å². The van der Waals surface area contributed by atoms with Gasteiger partial charge in [-0.05, 0) is 50.8 Å². The van der Waals surface area contributed by atoms with Crippen molar-refractivity contribution < 1.29 is 14.6 Å². The average Bonchev–Trinajstić information content (AvgIpc) is 3.22. The van der Waals surface area contributed by atoms with Crippen molar-refractivity contribution in [1.29, 1.82) is 0 Å². The number of hydrogen-bond donors (Lipinski definition) is 1. The van der Waals surface area contributed by atoms with E-state index in [1.54, 1.807) is 6.92 Å². The number of β-amino-alcohol motifs (C(OH)–C–C–N with tert-alkyl or cyclic N) is 1. The Hall–Kier alpha value is -1.59. The van der Waals surface area contributed by atoms with Crippen LogP contribution in [0, 0.1) is 6.92 Å². The Morgan fingerprint density at radius 3 is 2.72 bits per heavy atom. The van der Waals surface area contributed by atoms with Crippen molar-refractivity contribution in [1.82, 2.24) is 9.80 Å². The van der Waals surface area contributed by atoms with Gasteiger partial charge in [0.2, 0.25) is 5.91 Å². The summed E-state index contributed by atoms with van der Waals surface area (Å²) in [5.74, 6) is 1.01. The third-order valence-electron chi connectivity index (χ3n) is 5.53. The van der Waals surface area contributed by atoms with E-state index in [1.165, 1.54) is 0 Å². The zero-order chi connectivity index (χ0) is 17.8. The Balaban J connectivity index is 1.54. The molecule has 0 spiro atoms. The van der Waals surface area contributed by atoms with Gasteiger partial charge in [0.15, 0.2) is 0 Å². The third kappa shape index (κ3) is 4.33. The van der Waals surface area contributed by atoms with Gasteiger partial charge in [-0.1, -0.05) is 18.2 Å². The summed E-state index contributed by atoms with van der Waals surface area (Å²) in [5.41, 5.74) is 1.08. The lowest BCUT2D eigenvalue weighted by Crippen LogP contribution is -2.49. The molecule has 2 fully saturated rings. The number of hydrogen-bond acceptors (Lipinski definition) is 4. The van der Waals surface area contributed by atoms with Gasteiger partial charge in [-0.2, -0.15) is 0 Å². The lowest BCUT2D eigenvalue weighted by atomic mass is 10.0. The molecule has 1 aromatic rings. The van der Waals surface area contributed by atoms with Crippen LogP contribution in [0.15, 0.2) is 24.3 Å². The van der Waals surface area contributed by atoms with Gasteiger partial charge in [0.05, 0.1) is 0 Å². The fraction of sp³-hybridized carbons (Fsp3) is 0.650. The highest BCUT2D eigenvalue weighted by molar-refractivity contribution is 5.74. The van der Waals surface area contributed by atoms with Crippen LogP contribution in [0.3, 0.4) is 0 Å². The fourth-order valence-electron chi connectivity index (χ4n) is 4.33. The predicted molar refractivity (Wildman–Crippen MR) is 97.7 cm³/mol. The summed E-state index contributed by atoms with van der Waals surface area (Å²) in [5, 5.41) is 10.5. The number of benzene rings is 1. The molecule has 0 bridgehead atoms. The molecule has 0 radical (unpaired) electrons. The van der Waals surface area contributed by atoms with E-state index in [0.29, 0.717) is 25.2 Å². The van der Waals surface area contributed by atoms with Crippen LogP contribution in [0.2, 0.25) is 0 Å². The molecule has 0 aliphatic carbocycles. The molecule has 138 valence electrons. The summed E-state index contributed by atoms with van der Waals surface area (Å²) < 4.78 is 5.79. The minimum atomic E-state index is -0.521. The summed E-state index contributed by atoms with van der Waals surface area (Å²) in [6.45, 7) is 6.46. The molecule has 2 heterocycles. The summed E-state index contributed by atoms with van der Waals surface area (Å²) in [7, 11) is 0. The quantitative estimate of drug-likeness (QED) is 0.858. The first-order valence-corrected chi connectivity index (χ1v) is 9.44. The molecule has 2 saturated heterocycles. The monoisotopic (exact) mass is 346 g/mol. The van der Waals surface area contributed by atoms with Crippen LogP contribution in [-0.4, -0.2) is 65.2 Å². The summed E-state index contributed by atoms with van der Waals surface area (Å²) >= 11 is 0. The summed E-state index contributed by atoms with van der Waals surface area (Å²) in [4.78, 5) is 16.3. The molecular formula is C20H30N2O3. The second-order valence-corrected chi connectivity index (χ2v) is 7.36. The van der Waals surface area contributed by atoms with E-state index in [9.17, 15) is 9.90 Å². The largest absolute Gasteiger partial charge is 0.491 e. The van der Waals surface area contributed by atoms with E-state index in [2.05, 4.69) is 4.90 Å². The minimum Gasteiger partial charge on any atom is -0.491 e. The molecule has 25 heavy (non-hydrogen) atoms. The molecule has 1 aromatic carbocycles. The number of para-hydroxylation sites is 1. The van der Waals surface area contributed by atoms with Crippen LogP contribution in [-0.2, 0) is 4.79 Å². The van der Waals surface area contributed by atoms with E-state index < -0.39 is 6.10 Å². The number of rotatable bonds is 6. The Labute approximate surface area is 150 Å². The molecule has 3 rings (SSSR count). The molecule has 3 atom stereocenters. The number of carbonyl (C=O) groups excluding carboxylic acids is 1. The molecule has 1 amide bonds. The van der Waals surface area contributed by atoms with Crippen LogP contribution in [0.5, 0.6) is 5.75 Å². The normalized spacial score (nSPS) is 25.3. The zero-order valence-corrected chi connectivity index (χ0v) is 15.4. The second kappa shape index (κ2) is 8.19. The molecular weight excluding hydrogens is 316 g/mol. The Morgan fingerprint density at radius 2 is 1.96 bits per heavy atom. The molecule has 5 nitrogen and oxygen atoms in total. The number of aliphatic hydroxyl groups is 1. The first-order valence-electron chi connectivity index (χ1n) is 9.44. The number of likely N-dealkylation sites (tertiary alicyclic amines) is 2. The first-order chi connectivity index (χ1) is 12.1. The lowest BCUT2D eigenvalue weighted by Gasteiger charge is -2.35. The van der Waals surface area contributed by atoms with Gasteiger partial charge < -0.3 is 14.7 Å². The zero-order valence-electron chi connectivity index (χ0n) is 15.4. The minimum absolute atomic E-state index is 0.179. The summed E-state index contributed by atoms with van der Waals surface area (Å²) in [6, 6.07) is 8.56. The van der Waals surface area contributed by atoms with Crippen molar-refractivity contribution in [3.05, 3.63) is 29.8 Å². The number of carbonyl (C=O) groups is 1. The van der Waals surface area contributed by atoms with Gasteiger partial charge in [-0.15, -0.1) is 0 Å². The molecule has 2 aliphatic rings. The molecule has 0 saturated carbocycles. The van der Waals surface area contributed by atoms with E-state index in [0.717, 1.165) is 50.1 Å². The first kappa shape index (κ1) is 18.2. The van der Waals surface area contributed by atoms with Crippen molar-refractivity contribution in [2.45, 2.75) is 57.7 Å². The van der Waals surface area contributed by atoms with Crippen molar-refractivity contribution >= 4 is 5.91 Å². The number of amides is 1. The highest BCUT2D eigenvalue weighted by Gasteiger charge is 2.39. The number of ether oxygens (including phenoxy) is 1. The van der Waals surface area contributed by atoms with E-state index in [1.807, 2.05) is 36.1 Å². The van der Waals surface area contributed by atoms with Gasteiger partial charge in [0, 0.05) is 32.1 Å². The SMILES string of the molecule is CC(=O)N1CCC[C@@H]1[C@H]1CCCN1C[C@H](O)COc1ccccc1C. The van der Waals surface area contributed by atoms with E-state index >= 15 is 0 Å². The molecule has 1 N–H and O–H groups in total. The number of nitrogens with zero attached hydrogens (tertiary/aromatic N) is 2. The van der Waals surface area contributed by atoms with Gasteiger partial charge in [0.1, 0.15) is 18.5 Å². The maximum Gasteiger partial charge on any atom is 0.219 e.